The lowest BCUT2D eigenvalue weighted by Crippen LogP contribution is -2.03. The highest BCUT2D eigenvalue weighted by atomic mass is 19.1. The lowest BCUT2D eigenvalue weighted by atomic mass is 10.0. The van der Waals surface area contributed by atoms with Crippen molar-refractivity contribution in [3.63, 3.8) is 0 Å². The first-order valence-corrected chi connectivity index (χ1v) is 6.49. The van der Waals surface area contributed by atoms with Crippen molar-refractivity contribution in [1.82, 2.24) is 9.55 Å². The van der Waals surface area contributed by atoms with Crippen LogP contribution in [0, 0.1) is 12.0 Å². The predicted octanol–water partition coefficient (Wildman–Crippen LogP) is 3.35. The van der Waals surface area contributed by atoms with Gasteiger partial charge in [0.2, 0.25) is 0 Å². The Morgan fingerprint density at radius 2 is 1.95 bits per heavy atom. The molecule has 0 aliphatic carbocycles. The molecule has 0 saturated carbocycles. The first kappa shape index (κ1) is 13.2. The number of hydrogen-bond acceptors (Lipinski definition) is 2. The van der Waals surface area contributed by atoms with Crippen LogP contribution in [0.15, 0.2) is 54.7 Å². The molecule has 4 heteroatoms. The van der Waals surface area contributed by atoms with Crippen LogP contribution in [0.25, 0.3) is 11.1 Å². The molecule has 21 heavy (non-hydrogen) atoms. The summed E-state index contributed by atoms with van der Waals surface area (Å²) in [4.78, 5) is 14.7. The van der Waals surface area contributed by atoms with Crippen LogP contribution in [-0.4, -0.2) is 15.8 Å². The smallest absolute Gasteiger partial charge is 0.185 e. The molecular formula is C17H12FN2O. The molecule has 0 saturated heterocycles. The summed E-state index contributed by atoms with van der Waals surface area (Å²) in [6.07, 6.45) is 5.07. The number of imidazole rings is 1. The number of nitrogens with zero attached hydrogens (tertiary/aromatic N) is 2. The third kappa shape index (κ3) is 2.89. The fourth-order valence-corrected chi connectivity index (χ4v) is 2.17. The van der Waals surface area contributed by atoms with E-state index >= 15 is 0 Å². The molecule has 3 rings (SSSR count). The molecule has 0 aliphatic rings. The summed E-state index contributed by atoms with van der Waals surface area (Å²) < 4.78 is 14.9. The van der Waals surface area contributed by atoms with Crippen molar-refractivity contribution < 1.29 is 9.18 Å². The molecule has 1 aromatic heterocycles. The number of benzene rings is 2. The molecular weight excluding hydrogens is 267 g/mol. The van der Waals surface area contributed by atoms with Crippen LogP contribution in [0.4, 0.5) is 4.39 Å². The maximum Gasteiger partial charge on any atom is 0.185 e. The van der Waals surface area contributed by atoms with Crippen LogP contribution < -0.4 is 0 Å². The molecule has 2 aromatic carbocycles. The maximum atomic E-state index is 13.2. The second-order valence-corrected chi connectivity index (χ2v) is 4.66. The molecule has 0 aliphatic heterocycles. The minimum atomic E-state index is -0.250. The molecule has 3 nitrogen and oxygen atoms in total. The lowest BCUT2D eigenvalue weighted by Gasteiger charge is -2.06. The Morgan fingerprint density at radius 3 is 2.67 bits per heavy atom. The highest BCUT2D eigenvalue weighted by Gasteiger charge is 2.04. The van der Waals surface area contributed by atoms with Gasteiger partial charge in [0.05, 0.1) is 12.4 Å². The van der Waals surface area contributed by atoms with Gasteiger partial charge in [-0.3, -0.25) is 4.79 Å². The standard InChI is InChI=1S/C17H12FN2O/c18-16-3-1-2-15(10-16)14-6-4-13(5-7-14)11-20-9-8-19-17(20)12-21/h1-8,10,12H,11H2. The van der Waals surface area contributed by atoms with E-state index in [1.165, 1.54) is 18.3 Å². The van der Waals surface area contributed by atoms with Crippen molar-refractivity contribution in [2.45, 2.75) is 6.54 Å². The molecule has 0 atom stereocenters. The lowest BCUT2D eigenvalue weighted by molar-refractivity contribution is 0.111. The van der Waals surface area contributed by atoms with Crippen LogP contribution in [0.1, 0.15) is 16.2 Å². The maximum absolute atomic E-state index is 13.2. The predicted molar refractivity (Wildman–Crippen MR) is 77.4 cm³/mol. The molecule has 0 unspecified atom stereocenters. The Hall–Kier alpha value is -2.75. The number of aldehydes is 1. The van der Waals surface area contributed by atoms with E-state index in [0.717, 1.165) is 16.7 Å². The van der Waals surface area contributed by atoms with Crippen molar-refractivity contribution in [1.29, 1.82) is 0 Å². The Labute approximate surface area is 121 Å². The number of carbonyl (C=O) groups excluding carboxylic acids is 1. The van der Waals surface area contributed by atoms with Crippen LogP contribution in [0.2, 0.25) is 0 Å². The summed E-state index contributed by atoms with van der Waals surface area (Å²) >= 11 is 0. The van der Waals surface area contributed by atoms with Gasteiger partial charge < -0.3 is 4.57 Å². The number of rotatable bonds is 4. The van der Waals surface area contributed by atoms with E-state index < -0.39 is 0 Å². The fourth-order valence-electron chi connectivity index (χ4n) is 2.17. The SMILES string of the molecule is O=Cc1nc[c]n1Cc1ccc(-c2cccc(F)c2)cc1. The quantitative estimate of drug-likeness (QED) is 0.686. The highest BCUT2D eigenvalue weighted by Crippen LogP contribution is 2.20. The van der Waals surface area contributed by atoms with E-state index in [0.29, 0.717) is 18.7 Å². The Kier molecular flexibility index (Phi) is 3.60. The van der Waals surface area contributed by atoms with Gasteiger partial charge in [0.1, 0.15) is 5.82 Å². The van der Waals surface area contributed by atoms with Gasteiger partial charge in [-0.1, -0.05) is 36.4 Å². The molecule has 0 spiro atoms. The summed E-state index contributed by atoms with van der Waals surface area (Å²) in [5, 5.41) is 0. The van der Waals surface area contributed by atoms with E-state index in [1.54, 1.807) is 10.6 Å². The minimum Gasteiger partial charge on any atom is -0.316 e. The molecule has 0 fully saturated rings. The summed E-state index contributed by atoms with van der Waals surface area (Å²) in [7, 11) is 0. The third-order valence-electron chi connectivity index (χ3n) is 3.24. The first-order chi connectivity index (χ1) is 10.3. The molecule has 0 amide bonds. The zero-order valence-electron chi connectivity index (χ0n) is 11.2. The number of hydrogen-bond donors (Lipinski definition) is 0. The number of halogens is 1. The summed E-state index contributed by atoms with van der Waals surface area (Å²) in [6, 6.07) is 14.2. The largest absolute Gasteiger partial charge is 0.316 e. The second kappa shape index (κ2) is 5.71. The second-order valence-electron chi connectivity index (χ2n) is 4.66. The van der Waals surface area contributed by atoms with Gasteiger partial charge in [0.15, 0.2) is 12.1 Å². The van der Waals surface area contributed by atoms with Crippen LogP contribution in [-0.2, 0) is 6.54 Å². The summed E-state index contributed by atoms with van der Waals surface area (Å²) in [5.41, 5.74) is 2.81. The van der Waals surface area contributed by atoms with E-state index in [2.05, 4.69) is 11.2 Å². The van der Waals surface area contributed by atoms with E-state index in [1.807, 2.05) is 30.3 Å². The average Bonchev–Trinajstić information content (AvgIpc) is 2.95. The Bertz CT molecular complexity index is 762. The first-order valence-electron chi connectivity index (χ1n) is 6.49. The Balaban J connectivity index is 1.83. The monoisotopic (exact) mass is 279 g/mol. The molecule has 103 valence electrons. The molecule has 0 N–H and O–H groups in total. The molecule has 1 heterocycles. The van der Waals surface area contributed by atoms with Crippen LogP contribution in [0.3, 0.4) is 0 Å². The van der Waals surface area contributed by atoms with Gasteiger partial charge in [0, 0.05) is 6.54 Å². The summed E-state index contributed by atoms with van der Waals surface area (Å²) in [6.45, 7) is 0.525. The summed E-state index contributed by atoms with van der Waals surface area (Å²) in [5.74, 6) is 0.101. The van der Waals surface area contributed by atoms with Gasteiger partial charge in [-0.15, -0.1) is 0 Å². The van der Waals surface area contributed by atoms with E-state index in [9.17, 15) is 9.18 Å². The highest BCUT2D eigenvalue weighted by molar-refractivity contribution is 5.69. The van der Waals surface area contributed by atoms with E-state index in [-0.39, 0.29) is 5.82 Å². The van der Waals surface area contributed by atoms with Crippen molar-refractivity contribution in [3.05, 3.63) is 78.1 Å². The van der Waals surface area contributed by atoms with Gasteiger partial charge in [-0.05, 0) is 28.8 Å². The van der Waals surface area contributed by atoms with Crippen molar-refractivity contribution in [2.24, 2.45) is 0 Å². The van der Waals surface area contributed by atoms with Crippen LogP contribution >= 0.6 is 0 Å². The zero-order chi connectivity index (χ0) is 14.7. The van der Waals surface area contributed by atoms with Gasteiger partial charge >= 0.3 is 0 Å². The van der Waals surface area contributed by atoms with E-state index in [4.69, 9.17) is 0 Å². The fraction of sp³-hybridized carbons (Fsp3) is 0.0588. The van der Waals surface area contributed by atoms with Crippen molar-refractivity contribution >= 4 is 6.29 Å². The molecule has 3 aromatic rings. The van der Waals surface area contributed by atoms with Crippen LogP contribution in [0.5, 0.6) is 0 Å². The topological polar surface area (TPSA) is 34.9 Å². The molecule has 1 radical (unpaired) electrons. The van der Waals surface area contributed by atoms with Crippen molar-refractivity contribution in [3.8, 4) is 11.1 Å². The zero-order valence-corrected chi connectivity index (χ0v) is 11.2. The minimum absolute atomic E-state index is 0.250. The Morgan fingerprint density at radius 1 is 1.14 bits per heavy atom. The normalized spacial score (nSPS) is 10.5. The molecule has 0 bridgehead atoms. The van der Waals surface area contributed by atoms with Gasteiger partial charge in [-0.25, -0.2) is 9.37 Å². The van der Waals surface area contributed by atoms with Crippen molar-refractivity contribution in [2.75, 3.05) is 0 Å². The van der Waals surface area contributed by atoms with Gasteiger partial charge in [-0.2, -0.15) is 0 Å². The third-order valence-corrected chi connectivity index (χ3v) is 3.24. The van der Waals surface area contributed by atoms with Gasteiger partial charge in [0.25, 0.3) is 0 Å². The number of carbonyl (C=O) groups is 1. The number of aromatic nitrogens is 2. The average molecular weight is 279 g/mol.